The first kappa shape index (κ1) is 26.2. The molecule has 0 bridgehead atoms. The van der Waals surface area contributed by atoms with Crippen LogP contribution in [0.1, 0.15) is 63.2 Å². The maximum absolute atomic E-state index is 11.6. The van der Waals surface area contributed by atoms with Crippen molar-refractivity contribution in [3.63, 3.8) is 0 Å². The fourth-order valence-corrected chi connectivity index (χ4v) is 5.21. The van der Waals surface area contributed by atoms with Gasteiger partial charge < -0.3 is 20.1 Å². The number of hydrogen-bond acceptors (Lipinski definition) is 5. The zero-order valence-electron chi connectivity index (χ0n) is 19.1. The van der Waals surface area contributed by atoms with Crippen molar-refractivity contribution in [3.05, 3.63) is 5.82 Å². The molecule has 1 amide bonds. The Morgan fingerprint density at radius 3 is 2.52 bits per heavy atom. The van der Waals surface area contributed by atoms with E-state index in [1.165, 1.54) is 25.7 Å². The molecule has 0 atom stereocenters. The van der Waals surface area contributed by atoms with E-state index in [-0.39, 0.29) is 29.9 Å². The molecular weight excluding hydrogens is 525 g/mol. The molecule has 1 aliphatic carbocycles. The van der Waals surface area contributed by atoms with Gasteiger partial charge in [0.1, 0.15) is 5.82 Å². The molecule has 1 saturated carbocycles. The molecule has 1 saturated heterocycles. The zero-order chi connectivity index (χ0) is 21.3. The Kier molecular flexibility index (Phi) is 11.4. The van der Waals surface area contributed by atoms with Gasteiger partial charge in [-0.15, -0.1) is 34.2 Å². The van der Waals surface area contributed by atoms with Crippen molar-refractivity contribution in [2.75, 3.05) is 40.0 Å². The summed E-state index contributed by atoms with van der Waals surface area (Å²) in [6, 6.07) is 0.578. The van der Waals surface area contributed by atoms with Crippen molar-refractivity contribution in [3.8, 4) is 0 Å². The molecule has 176 valence electrons. The number of aromatic nitrogens is 3. The van der Waals surface area contributed by atoms with Gasteiger partial charge in [-0.3, -0.25) is 9.79 Å². The zero-order valence-corrected chi connectivity index (χ0v) is 22.2. The minimum absolute atomic E-state index is 0. The fourth-order valence-electron chi connectivity index (χ4n) is 4.64. The third-order valence-electron chi connectivity index (χ3n) is 6.35. The molecule has 10 heteroatoms. The Bertz CT molecular complexity index is 713. The minimum Gasteiger partial charge on any atom is -0.359 e. The SMILES string of the molecule is CN=C(NCCCc1nnc(SC)n1C1CCCC1)N1CCC(CC(=O)NC)CC1.I. The molecule has 8 nitrogen and oxygen atoms in total. The molecule has 0 radical (unpaired) electrons. The van der Waals surface area contributed by atoms with Gasteiger partial charge in [0.05, 0.1) is 0 Å². The number of guanidine groups is 1. The molecule has 0 unspecified atom stereocenters. The number of amides is 1. The number of piperidine rings is 1. The molecule has 31 heavy (non-hydrogen) atoms. The maximum Gasteiger partial charge on any atom is 0.220 e. The lowest BCUT2D eigenvalue weighted by molar-refractivity contribution is -0.121. The Morgan fingerprint density at radius 2 is 1.90 bits per heavy atom. The van der Waals surface area contributed by atoms with Crippen LogP contribution in [0.25, 0.3) is 0 Å². The lowest BCUT2D eigenvalue weighted by atomic mass is 9.93. The van der Waals surface area contributed by atoms with Crippen molar-refractivity contribution >= 4 is 47.6 Å². The van der Waals surface area contributed by atoms with Crippen LogP contribution in [0.5, 0.6) is 0 Å². The molecule has 2 heterocycles. The number of aryl methyl sites for hydroxylation is 1. The number of nitrogens with zero attached hydrogens (tertiary/aromatic N) is 5. The number of carbonyl (C=O) groups is 1. The number of halogens is 1. The van der Waals surface area contributed by atoms with Crippen LogP contribution in [0, 0.1) is 5.92 Å². The molecule has 2 N–H and O–H groups in total. The lowest BCUT2D eigenvalue weighted by Crippen LogP contribution is -2.46. The van der Waals surface area contributed by atoms with Crippen LogP contribution in [0.4, 0.5) is 0 Å². The summed E-state index contributed by atoms with van der Waals surface area (Å²) >= 11 is 1.70. The number of carbonyl (C=O) groups excluding carboxylic acids is 1. The van der Waals surface area contributed by atoms with E-state index < -0.39 is 0 Å². The van der Waals surface area contributed by atoms with Crippen LogP contribution in [-0.4, -0.2) is 71.5 Å². The van der Waals surface area contributed by atoms with Gasteiger partial charge in [-0.2, -0.15) is 0 Å². The number of nitrogens with one attached hydrogen (secondary N) is 2. The van der Waals surface area contributed by atoms with E-state index in [0.29, 0.717) is 18.4 Å². The summed E-state index contributed by atoms with van der Waals surface area (Å²) in [6.45, 7) is 2.78. The number of thioether (sulfide) groups is 1. The fraction of sp³-hybridized carbons (Fsp3) is 0.810. The Hall–Kier alpha value is -1.04. The standard InChI is InChI=1S/C21H37N7OS.HI/c1-22-19(29)15-16-10-13-27(14-11-16)20(23-2)24-12-6-9-18-25-26-21(30-3)28(18)17-7-4-5-8-17;/h16-17H,4-15H2,1-3H3,(H,22,29)(H,23,24);1H. The van der Waals surface area contributed by atoms with Crippen molar-refractivity contribution in [1.82, 2.24) is 30.3 Å². The molecule has 2 aliphatic rings. The minimum atomic E-state index is 0. The molecule has 3 rings (SSSR count). The molecule has 1 aliphatic heterocycles. The first-order valence-corrected chi connectivity index (χ1v) is 12.5. The Morgan fingerprint density at radius 1 is 1.19 bits per heavy atom. The highest BCUT2D eigenvalue weighted by molar-refractivity contribution is 14.0. The quantitative estimate of drug-likeness (QED) is 0.166. The van der Waals surface area contributed by atoms with Crippen LogP contribution in [-0.2, 0) is 11.2 Å². The first-order chi connectivity index (χ1) is 14.7. The highest BCUT2D eigenvalue weighted by Crippen LogP contribution is 2.33. The Labute approximate surface area is 207 Å². The van der Waals surface area contributed by atoms with E-state index in [0.717, 1.165) is 62.3 Å². The van der Waals surface area contributed by atoms with E-state index in [1.807, 2.05) is 7.05 Å². The number of hydrogen-bond donors (Lipinski definition) is 2. The van der Waals surface area contributed by atoms with E-state index in [9.17, 15) is 4.79 Å². The van der Waals surface area contributed by atoms with Crippen LogP contribution in [0.3, 0.4) is 0 Å². The molecule has 0 spiro atoms. The van der Waals surface area contributed by atoms with Gasteiger partial charge in [-0.1, -0.05) is 24.6 Å². The van der Waals surface area contributed by atoms with Crippen molar-refractivity contribution in [2.45, 2.75) is 69.0 Å². The largest absolute Gasteiger partial charge is 0.359 e. The Balaban J connectivity index is 0.00000341. The smallest absolute Gasteiger partial charge is 0.220 e. The topological polar surface area (TPSA) is 87.4 Å². The van der Waals surface area contributed by atoms with Crippen LogP contribution in [0.15, 0.2) is 10.1 Å². The average molecular weight is 564 g/mol. The molecule has 2 fully saturated rings. The lowest BCUT2D eigenvalue weighted by Gasteiger charge is -2.34. The highest BCUT2D eigenvalue weighted by atomic mass is 127. The van der Waals surface area contributed by atoms with Gasteiger partial charge in [0.2, 0.25) is 5.91 Å². The summed E-state index contributed by atoms with van der Waals surface area (Å²) in [5.41, 5.74) is 0. The first-order valence-electron chi connectivity index (χ1n) is 11.3. The van der Waals surface area contributed by atoms with E-state index in [2.05, 4.69) is 41.5 Å². The molecule has 1 aromatic rings. The monoisotopic (exact) mass is 563 g/mol. The predicted octanol–water partition coefficient (Wildman–Crippen LogP) is 3.09. The highest BCUT2D eigenvalue weighted by Gasteiger charge is 2.24. The second-order valence-electron chi connectivity index (χ2n) is 8.30. The normalized spacial score (nSPS) is 18.2. The van der Waals surface area contributed by atoms with Crippen molar-refractivity contribution < 1.29 is 4.79 Å². The second-order valence-corrected chi connectivity index (χ2v) is 9.07. The van der Waals surface area contributed by atoms with E-state index >= 15 is 0 Å². The summed E-state index contributed by atoms with van der Waals surface area (Å²) in [4.78, 5) is 18.4. The summed E-state index contributed by atoms with van der Waals surface area (Å²) < 4.78 is 2.39. The predicted molar refractivity (Wildman–Crippen MR) is 137 cm³/mol. The van der Waals surface area contributed by atoms with Crippen molar-refractivity contribution in [2.24, 2.45) is 10.9 Å². The maximum atomic E-state index is 11.6. The number of likely N-dealkylation sites (tertiary alicyclic amines) is 1. The number of rotatable bonds is 8. The average Bonchev–Trinajstić information content (AvgIpc) is 3.43. The number of aliphatic imine (C=N–C) groups is 1. The van der Waals surface area contributed by atoms with Crippen LogP contribution < -0.4 is 10.6 Å². The summed E-state index contributed by atoms with van der Waals surface area (Å²) in [5, 5.41) is 16.2. The van der Waals surface area contributed by atoms with Crippen molar-refractivity contribution in [1.29, 1.82) is 0 Å². The van der Waals surface area contributed by atoms with Gasteiger partial charge in [-0.05, 0) is 44.3 Å². The second kappa shape index (κ2) is 13.5. The van der Waals surface area contributed by atoms with Gasteiger partial charge >= 0.3 is 0 Å². The molecule has 1 aromatic heterocycles. The molecular formula is C21H38IN7OS. The van der Waals surface area contributed by atoms with Gasteiger partial charge in [0.25, 0.3) is 0 Å². The third-order valence-corrected chi connectivity index (χ3v) is 6.99. The van der Waals surface area contributed by atoms with E-state index in [1.54, 1.807) is 18.8 Å². The summed E-state index contributed by atoms with van der Waals surface area (Å²) in [6.07, 6.45) is 11.9. The van der Waals surface area contributed by atoms with Gasteiger partial charge in [0.15, 0.2) is 11.1 Å². The summed E-state index contributed by atoms with van der Waals surface area (Å²) in [7, 11) is 3.56. The summed E-state index contributed by atoms with van der Waals surface area (Å²) in [5.74, 6) is 2.71. The third kappa shape index (κ3) is 7.23. The van der Waals surface area contributed by atoms with E-state index in [4.69, 9.17) is 0 Å². The van der Waals surface area contributed by atoms with Gasteiger partial charge in [0, 0.05) is 52.6 Å². The molecule has 0 aromatic carbocycles. The van der Waals surface area contributed by atoms with Crippen LogP contribution >= 0.6 is 35.7 Å². The van der Waals surface area contributed by atoms with Gasteiger partial charge in [-0.25, -0.2) is 0 Å². The van der Waals surface area contributed by atoms with Crippen LogP contribution in [0.2, 0.25) is 0 Å².